The van der Waals surface area contributed by atoms with E-state index in [0.29, 0.717) is 5.56 Å². The molecule has 0 aliphatic rings. The van der Waals surface area contributed by atoms with Gasteiger partial charge in [-0.05, 0) is 111 Å². The van der Waals surface area contributed by atoms with Crippen molar-refractivity contribution in [2.45, 2.75) is 135 Å². The van der Waals surface area contributed by atoms with Crippen LogP contribution in [0.1, 0.15) is 94.1 Å². The van der Waals surface area contributed by atoms with Gasteiger partial charge in [0.1, 0.15) is 11.1 Å². The van der Waals surface area contributed by atoms with Crippen LogP contribution in [0, 0.1) is 0 Å². The van der Waals surface area contributed by atoms with Crippen molar-refractivity contribution in [1.29, 1.82) is 0 Å². The first-order valence-electron chi connectivity index (χ1n) is 14.5. The topological polar surface area (TPSA) is 102 Å². The van der Waals surface area contributed by atoms with E-state index in [1.165, 1.54) is 19.2 Å². The standard InChI is InChI=1S/C30H46ClF5NO8P/c1-24(2,3)42-23(38)37-27(10,30(45-46-39,43-25(4,5)6)44-26(7,8)9)15-13-19-17-20(31)22(21(18-19)40-11)41-16-12-14-28(32,33)29(34,35)36/h17-18,46H,12-16H2,1-11H3/p+1/t27-/m1/s1. The SMILES string of the molecule is COc1cc(CC[C@@](C)(NC(=O)OC(C)(C)C)C(O[PH+]=O)(OC(C)(C)C)OC(C)(C)C)cc(Cl)c1OCCCC(F)(F)C(F)(F)F. The van der Waals surface area contributed by atoms with E-state index in [9.17, 15) is 31.3 Å². The summed E-state index contributed by atoms with van der Waals surface area (Å²) in [5, 5.41) is 2.80. The lowest BCUT2D eigenvalue weighted by molar-refractivity contribution is -0.423. The highest BCUT2D eigenvalue weighted by atomic mass is 35.5. The highest BCUT2D eigenvalue weighted by Crippen LogP contribution is 2.44. The van der Waals surface area contributed by atoms with E-state index < -0.39 is 74.6 Å². The van der Waals surface area contributed by atoms with Crippen molar-refractivity contribution in [3.63, 3.8) is 0 Å². The number of hydrogen-bond acceptors (Lipinski definition) is 8. The molecule has 16 heteroatoms. The summed E-state index contributed by atoms with van der Waals surface area (Å²) in [7, 11) is -0.0585. The van der Waals surface area contributed by atoms with Gasteiger partial charge >= 0.3 is 32.9 Å². The van der Waals surface area contributed by atoms with E-state index in [4.69, 9.17) is 39.8 Å². The Bertz CT molecular complexity index is 1170. The molecule has 1 N–H and O–H groups in total. The summed E-state index contributed by atoms with van der Waals surface area (Å²) in [5.41, 5.74) is -3.77. The van der Waals surface area contributed by atoms with Gasteiger partial charge in [0.05, 0.1) is 29.9 Å². The molecule has 0 aromatic heterocycles. The smallest absolute Gasteiger partial charge is 0.493 e. The third-order valence-corrected chi connectivity index (χ3v) is 6.64. The van der Waals surface area contributed by atoms with Crippen LogP contribution < -0.4 is 14.8 Å². The van der Waals surface area contributed by atoms with Crippen molar-refractivity contribution in [1.82, 2.24) is 5.32 Å². The largest absolute Gasteiger partial charge is 0.499 e. The Kier molecular flexibility index (Phi) is 14.2. The number of carbonyl (C=O) groups is 1. The van der Waals surface area contributed by atoms with Crippen LogP contribution in [0.3, 0.4) is 0 Å². The zero-order chi connectivity index (χ0) is 36.0. The summed E-state index contributed by atoms with van der Waals surface area (Å²) in [6.07, 6.45) is -8.39. The van der Waals surface area contributed by atoms with Crippen LogP contribution in [0.2, 0.25) is 5.02 Å². The first-order chi connectivity index (χ1) is 20.6. The lowest BCUT2D eigenvalue weighted by atomic mass is 9.89. The number of alkyl carbamates (subject to hydrolysis) is 1. The van der Waals surface area contributed by atoms with Crippen molar-refractivity contribution in [3.05, 3.63) is 22.7 Å². The number of methoxy groups -OCH3 is 1. The van der Waals surface area contributed by atoms with Gasteiger partial charge in [0.15, 0.2) is 11.5 Å². The van der Waals surface area contributed by atoms with Gasteiger partial charge in [-0.25, -0.2) is 4.79 Å². The molecule has 0 bridgehead atoms. The van der Waals surface area contributed by atoms with Crippen LogP contribution >= 0.6 is 20.3 Å². The Labute approximate surface area is 274 Å². The number of rotatable bonds is 15. The third-order valence-electron chi connectivity index (χ3n) is 6.01. The van der Waals surface area contributed by atoms with Gasteiger partial charge in [-0.2, -0.15) is 22.0 Å². The Hall–Kier alpha value is -1.99. The van der Waals surface area contributed by atoms with Crippen molar-refractivity contribution in [3.8, 4) is 11.5 Å². The van der Waals surface area contributed by atoms with E-state index in [1.54, 1.807) is 69.2 Å². The molecule has 0 heterocycles. The molecule has 1 unspecified atom stereocenters. The maximum atomic E-state index is 13.3. The van der Waals surface area contributed by atoms with Crippen LogP contribution in [-0.4, -0.2) is 60.2 Å². The Morgan fingerprint density at radius 3 is 1.85 bits per heavy atom. The van der Waals surface area contributed by atoms with E-state index >= 15 is 0 Å². The molecule has 0 fully saturated rings. The van der Waals surface area contributed by atoms with Crippen LogP contribution in [0.4, 0.5) is 26.7 Å². The van der Waals surface area contributed by atoms with Crippen LogP contribution in [0.25, 0.3) is 0 Å². The number of carbonyl (C=O) groups excluding carboxylic acids is 1. The second-order valence-corrected chi connectivity index (χ2v) is 14.7. The van der Waals surface area contributed by atoms with E-state index in [1.807, 2.05) is 0 Å². The molecule has 0 saturated carbocycles. The average molecular weight is 711 g/mol. The molecular formula is C30H47ClF5NO8P+. The fraction of sp³-hybridized carbons (Fsp3) is 0.767. The average Bonchev–Trinajstić information content (AvgIpc) is 2.82. The minimum atomic E-state index is -5.66. The van der Waals surface area contributed by atoms with Gasteiger partial charge in [0, 0.05) is 6.42 Å². The summed E-state index contributed by atoms with van der Waals surface area (Å²) >= 11 is 6.44. The summed E-state index contributed by atoms with van der Waals surface area (Å²) in [4.78, 5) is 13.2. The predicted octanol–water partition coefficient (Wildman–Crippen LogP) is 9.16. The molecule has 0 aliphatic carbocycles. The number of hydrogen-bond donors (Lipinski definition) is 1. The quantitative estimate of drug-likeness (QED) is 0.0833. The van der Waals surface area contributed by atoms with Crippen molar-refractivity contribution in [2.24, 2.45) is 0 Å². The number of halogens is 6. The van der Waals surface area contributed by atoms with Gasteiger partial charge in [-0.15, -0.1) is 0 Å². The van der Waals surface area contributed by atoms with E-state index in [0.717, 1.165) is 0 Å². The van der Waals surface area contributed by atoms with E-state index in [2.05, 4.69) is 5.32 Å². The molecule has 1 aromatic carbocycles. The zero-order valence-corrected chi connectivity index (χ0v) is 30.0. The zero-order valence-electron chi connectivity index (χ0n) is 28.2. The highest BCUT2D eigenvalue weighted by Gasteiger charge is 2.61. The fourth-order valence-electron chi connectivity index (χ4n) is 4.14. The van der Waals surface area contributed by atoms with Crippen molar-refractivity contribution in [2.75, 3.05) is 13.7 Å². The molecule has 1 aromatic rings. The predicted molar refractivity (Wildman–Crippen MR) is 164 cm³/mol. The first-order valence-corrected chi connectivity index (χ1v) is 15.7. The number of alkyl halides is 5. The monoisotopic (exact) mass is 710 g/mol. The lowest BCUT2D eigenvalue weighted by Crippen LogP contribution is -2.69. The Balaban J connectivity index is 3.50. The molecular weight excluding hydrogens is 664 g/mol. The lowest BCUT2D eigenvalue weighted by Gasteiger charge is -2.48. The fourth-order valence-corrected chi connectivity index (χ4v) is 4.85. The summed E-state index contributed by atoms with van der Waals surface area (Å²) in [6.45, 7) is 16.5. The van der Waals surface area contributed by atoms with Crippen LogP contribution in [-0.2, 0) is 29.7 Å². The van der Waals surface area contributed by atoms with Crippen molar-refractivity contribution >= 4 is 26.4 Å². The maximum Gasteiger partial charge on any atom is 0.499 e. The summed E-state index contributed by atoms with van der Waals surface area (Å²) in [6, 6.07) is 3.03. The highest BCUT2D eigenvalue weighted by molar-refractivity contribution is 7.17. The Morgan fingerprint density at radius 2 is 1.41 bits per heavy atom. The van der Waals surface area contributed by atoms with E-state index in [-0.39, 0.29) is 29.4 Å². The normalized spacial score (nSPS) is 15.0. The molecule has 0 saturated heterocycles. The first kappa shape index (κ1) is 42.0. The summed E-state index contributed by atoms with van der Waals surface area (Å²) in [5.74, 6) is -6.93. The third kappa shape index (κ3) is 12.9. The maximum absolute atomic E-state index is 13.3. The molecule has 2 atom stereocenters. The number of amides is 1. The molecule has 1 rings (SSSR count). The number of benzene rings is 1. The molecule has 266 valence electrons. The number of aryl methyl sites for hydroxylation is 1. The second-order valence-electron chi connectivity index (χ2n) is 13.9. The Morgan fingerprint density at radius 1 is 0.870 bits per heavy atom. The van der Waals surface area contributed by atoms with Crippen molar-refractivity contribution < 1.29 is 59.5 Å². The number of nitrogens with one attached hydrogen (secondary N) is 1. The molecule has 0 aliphatic heterocycles. The molecule has 0 spiro atoms. The minimum Gasteiger partial charge on any atom is -0.493 e. The van der Waals surface area contributed by atoms with Gasteiger partial charge in [-0.1, -0.05) is 16.1 Å². The molecule has 46 heavy (non-hydrogen) atoms. The minimum absolute atomic E-state index is 0.000767. The molecule has 1 amide bonds. The van der Waals surface area contributed by atoms with Gasteiger partial charge in [0.25, 0.3) is 0 Å². The van der Waals surface area contributed by atoms with Crippen LogP contribution in [0.5, 0.6) is 11.5 Å². The van der Waals surface area contributed by atoms with Gasteiger partial charge < -0.3 is 29.0 Å². The molecule has 9 nitrogen and oxygen atoms in total. The molecule has 0 radical (unpaired) electrons. The summed E-state index contributed by atoms with van der Waals surface area (Å²) < 4.78 is 111. The van der Waals surface area contributed by atoms with Gasteiger partial charge in [-0.3, -0.25) is 0 Å². The van der Waals surface area contributed by atoms with Gasteiger partial charge in [0.2, 0.25) is 0 Å². The van der Waals surface area contributed by atoms with Crippen LogP contribution in [0.15, 0.2) is 12.1 Å². The number of ether oxygens (including phenoxy) is 5. The second kappa shape index (κ2) is 15.5.